The number of hydrogen-bond donors (Lipinski definition) is 0. The fourth-order valence-electron chi connectivity index (χ4n) is 4.03. The van der Waals surface area contributed by atoms with E-state index in [-0.39, 0.29) is 23.8 Å². The van der Waals surface area contributed by atoms with Crippen molar-refractivity contribution in [3.8, 4) is 0 Å². The van der Waals surface area contributed by atoms with Crippen molar-refractivity contribution in [3.05, 3.63) is 17.3 Å². The number of hydrogen-bond acceptors (Lipinski definition) is 6. The van der Waals surface area contributed by atoms with Gasteiger partial charge in [0.05, 0.1) is 0 Å². The molecule has 0 bridgehead atoms. The average molecular weight is 394 g/mol. The summed E-state index contributed by atoms with van der Waals surface area (Å²) in [5, 5.41) is 0. The molecule has 3 saturated heterocycles. The molecule has 3 aliphatic heterocycles. The number of amides is 2. The highest BCUT2D eigenvalue weighted by molar-refractivity contribution is 7.99. The lowest BCUT2D eigenvalue weighted by molar-refractivity contribution is -0.142. The van der Waals surface area contributed by atoms with Crippen LogP contribution in [0.1, 0.15) is 53.7 Å². The first-order valence-electron chi connectivity index (χ1n) is 9.88. The fraction of sp³-hybridized carbons (Fsp3) is 0.737. The maximum Gasteiger partial charge on any atom is 0.276 e. The van der Waals surface area contributed by atoms with Crippen LogP contribution >= 0.6 is 11.8 Å². The molecule has 0 spiro atoms. The molecule has 0 N–H and O–H groups in total. The molecule has 0 aliphatic carbocycles. The predicted octanol–water partition coefficient (Wildman–Crippen LogP) is 2.06. The van der Waals surface area contributed by atoms with Crippen LogP contribution in [-0.4, -0.2) is 77.0 Å². The van der Waals surface area contributed by atoms with Crippen LogP contribution in [0.2, 0.25) is 0 Å². The molecular weight excluding hydrogens is 366 g/mol. The predicted molar refractivity (Wildman–Crippen MR) is 102 cm³/mol. The normalized spacial score (nSPS) is 24.4. The Morgan fingerprint density at radius 2 is 1.81 bits per heavy atom. The lowest BCUT2D eigenvalue weighted by Crippen LogP contribution is -2.43. The van der Waals surface area contributed by atoms with E-state index >= 15 is 0 Å². The van der Waals surface area contributed by atoms with Gasteiger partial charge in [-0.1, -0.05) is 0 Å². The van der Waals surface area contributed by atoms with Crippen molar-refractivity contribution in [1.29, 1.82) is 0 Å². The third kappa shape index (κ3) is 4.01. The molecule has 27 heavy (non-hydrogen) atoms. The Labute approximate surface area is 163 Å². The highest BCUT2D eigenvalue weighted by Gasteiger charge is 2.33. The zero-order valence-corrected chi connectivity index (χ0v) is 16.6. The largest absolute Gasteiger partial charge is 0.445 e. The average Bonchev–Trinajstić information content (AvgIpc) is 3.38. The number of piperidine rings is 1. The Kier molecular flexibility index (Phi) is 5.73. The molecule has 0 radical (unpaired) electrons. The molecular formula is C19H27N3O4S. The van der Waals surface area contributed by atoms with Crippen LogP contribution < -0.4 is 0 Å². The number of likely N-dealkylation sites (tertiary alicyclic amines) is 1. The van der Waals surface area contributed by atoms with Crippen LogP contribution in [0.3, 0.4) is 0 Å². The topological polar surface area (TPSA) is 75.9 Å². The third-order valence-corrected chi connectivity index (χ3v) is 6.62. The molecule has 3 aliphatic rings. The van der Waals surface area contributed by atoms with Crippen LogP contribution in [-0.2, 0) is 9.53 Å². The van der Waals surface area contributed by atoms with Crippen molar-refractivity contribution in [2.45, 2.75) is 44.6 Å². The molecule has 0 aromatic carbocycles. The number of aryl methyl sites for hydroxylation is 1. The van der Waals surface area contributed by atoms with Gasteiger partial charge in [-0.2, -0.15) is 11.8 Å². The summed E-state index contributed by atoms with van der Waals surface area (Å²) in [6, 6.07) is 0. The Bertz CT molecular complexity index is 687. The first kappa shape index (κ1) is 18.8. The second-order valence-corrected chi connectivity index (χ2v) is 8.69. The van der Waals surface area contributed by atoms with Gasteiger partial charge >= 0.3 is 0 Å². The van der Waals surface area contributed by atoms with Gasteiger partial charge in [0.25, 0.3) is 11.8 Å². The van der Waals surface area contributed by atoms with E-state index in [1.807, 2.05) is 28.5 Å². The minimum atomic E-state index is -0.252. The second kappa shape index (κ2) is 8.22. The fourth-order valence-corrected chi connectivity index (χ4v) is 4.93. The summed E-state index contributed by atoms with van der Waals surface area (Å²) in [4.78, 5) is 33.5. The van der Waals surface area contributed by atoms with Gasteiger partial charge in [-0.3, -0.25) is 9.59 Å². The number of nitrogens with zero attached hydrogens (tertiary/aromatic N) is 3. The second-order valence-electron chi connectivity index (χ2n) is 7.46. The molecule has 4 rings (SSSR count). The van der Waals surface area contributed by atoms with E-state index in [0.717, 1.165) is 50.3 Å². The number of ether oxygens (including phenoxy) is 1. The molecule has 7 nitrogen and oxygen atoms in total. The van der Waals surface area contributed by atoms with Gasteiger partial charge in [0, 0.05) is 50.2 Å². The first-order valence-corrected chi connectivity index (χ1v) is 11.0. The minimum Gasteiger partial charge on any atom is -0.445 e. The summed E-state index contributed by atoms with van der Waals surface area (Å²) in [6.45, 7) is 5.44. The van der Waals surface area contributed by atoms with E-state index in [9.17, 15) is 9.59 Å². The number of carbonyl (C=O) groups is 2. The van der Waals surface area contributed by atoms with Crippen molar-refractivity contribution in [2.24, 2.45) is 0 Å². The van der Waals surface area contributed by atoms with Gasteiger partial charge in [-0.25, -0.2) is 4.98 Å². The monoisotopic (exact) mass is 393 g/mol. The Morgan fingerprint density at radius 1 is 1.07 bits per heavy atom. The van der Waals surface area contributed by atoms with Gasteiger partial charge in [-0.15, -0.1) is 0 Å². The zero-order chi connectivity index (χ0) is 18.8. The summed E-state index contributed by atoms with van der Waals surface area (Å²) in [7, 11) is 0. The molecule has 3 fully saturated rings. The van der Waals surface area contributed by atoms with Crippen LogP contribution in [0.15, 0.2) is 4.42 Å². The molecule has 1 aromatic rings. The number of oxazole rings is 1. The molecule has 1 atom stereocenters. The summed E-state index contributed by atoms with van der Waals surface area (Å²) >= 11 is 1.88. The molecule has 0 unspecified atom stereocenters. The number of carbonyl (C=O) groups excluding carboxylic acids is 2. The van der Waals surface area contributed by atoms with E-state index in [1.54, 1.807) is 0 Å². The molecule has 8 heteroatoms. The smallest absolute Gasteiger partial charge is 0.276 e. The summed E-state index contributed by atoms with van der Waals surface area (Å²) < 4.78 is 11.4. The van der Waals surface area contributed by atoms with Crippen molar-refractivity contribution in [1.82, 2.24) is 14.8 Å². The SMILES string of the molecule is Cc1oc(C2CCN(C(=O)[C@@H]3CCCO3)CC2)nc1C(=O)N1CCSCC1. The highest BCUT2D eigenvalue weighted by Crippen LogP contribution is 2.30. The molecule has 1 aromatic heterocycles. The lowest BCUT2D eigenvalue weighted by Gasteiger charge is -2.32. The molecule has 4 heterocycles. The third-order valence-electron chi connectivity index (χ3n) is 5.68. The maximum atomic E-state index is 12.7. The van der Waals surface area contributed by atoms with Crippen LogP contribution in [0, 0.1) is 6.92 Å². The zero-order valence-electron chi connectivity index (χ0n) is 15.8. The van der Waals surface area contributed by atoms with Crippen LogP contribution in [0.25, 0.3) is 0 Å². The minimum absolute atomic E-state index is 0.0196. The maximum absolute atomic E-state index is 12.7. The number of thioether (sulfide) groups is 1. The van der Waals surface area contributed by atoms with Gasteiger partial charge in [0.2, 0.25) is 0 Å². The lowest BCUT2D eigenvalue weighted by atomic mass is 9.96. The van der Waals surface area contributed by atoms with E-state index < -0.39 is 0 Å². The standard InChI is InChI=1S/C19H27N3O4S/c1-13-16(19(24)22-8-11-27-12-9-22)20-17(26-13)14-4-6-21(7-5-14)18(23)15-3-2-10-25-15/h14-15H,2-12H2,1H3/t15-/m0/s1. The van der Waals surface area contributed by atoms with Crippen molar-refractivity contribution in [2.75, 3.05) is 44.3 Å². The van der Waals surface area contributed by atoms with Gasteiger partial charge in [0.1, 0.15) is 11.9 Å². The van der Waals surface area contributed by atoms with Gasteiger partial charge in [0.15, 0.2) is 11.6 Å². The Balaban J connectivity index is 1.37. The van der Waals surface area contributed by atoms with E-state index in [4.69, 9.17) is 9.15 Å². The first-order chi connectivity index (χ1) is 13.1. The van der Waals surface area contributed by atoms with Crippen LogP contribution in [0.5, 0.6) is 0 Å². The van der Waals surface area contributed by atoms with Gasteiger partial charge in [-0.05, 0) is 32.6 Å². The van der Waals surface area contributed by atoms with Crippen molar-refractivity contribution < 1.29 is 18.7 Å². The summed E-state index contributed by atoms with van der Waals surface area (Å²) in [5.41, 5.74) is 0.453. The Morgan fingerprint density at radius 3 is 2.48 bits per heavy atom. The molecule has 2 amide bonds. The van der Waals surface area contributed by atoms with E-state index in [2.05, 4.69) is 4.98 Å². The Hall–Kier alpha value is -1.54. The summed E-state index contributed by atoms with van der Waals surface area (Å²) in [6.07, 6.45) is 3.17. The van der Waals surface area contributed by atoms with Gasteiger partial charge < -0.3 is 19.0 Å². The van der Waals surface area contributed by atoms with Crippen LogP contribution in [0.4, 0.5) is 0 Å². The highest BCUT2D eigenvalue weighted by atomic mass is 32.2. The molecule has 0 saturated carbocycles. The van der Waals surface area contributed by atoms with Crippen molar-refractivity contribution in [3.63, 3.8) is 0 Å². The van der Waals surface area contributed by atoms with Crippen molar-refractivity contribution >= 4 is 23.6 Å². The van der Waals surface area contributed by atoms with E-state index in [0.29, 0.717) is 37.0 Å². The summed E-state index contributed by atoms with van der Waals surface area (Å²) in [5.74, 6) is 3.47. The van der Waals surface area contributed by atoms with E-state index in [1.165, 1.54) is 0 Å². The quantitative estimate of drug-likeness (QED) is 0.782. The number of rotatable bonds is 3. The number of aromatic nitrogens is 1. The molecule has 148 valence electrons.